The monoisotopic (exact) mass is 318 g/mol. The van der Waals surface area contributed by atoms with Crippen LogP contribution in [0.2, 0.25) is 0 Å². The van der Waals surface area contributed by atoms with Crippen LogP contribution < -0.4 is 0 Å². The summed E-state index contributed by atoms with van der Waals surface area (Å²) in [5.41, 5.74) is 0. The molecule has 1 atom stereocenters. The van der Waals surface area contributed by atoms with Crippen LogP contribution in [0.15, 0.2) is 60.8 Å². The standard InChI is InChI=1S/C20H30O3/c1-2-19(21)17-15-13-11-9-7-5-3-4-6-8-10-12-14-16-18-20(22)23/h4-7,10-13,15,17,19,21H,2-3,8-9,14,16,18H2,1H3,(H,22,23)/b6-4-,7-5-,12-10-,13-11-,17-15+. The number of carboxylic acid groups (broad SMARTS) is 1. The summed E-state index contributed by atoms with van der Waals surface area (Å²) in [4.78, 5) is 10.3. The zero-order valence-corrected chi connectivity index (χ0v) is 14.1. The highest BCUT2D eigenvalue weighted by Crippen LogP contribution is 1.99. The van der Waals surface area contributed by atoms with Crippen molar-refractivity contribution in [1.82, 2.24) is 0 Å². The SMILES string of the molecule is CCC(O)/C=C/C=C\C/C=C\C/C=C\C/C=C\CCCC(=O)O. The van der Waals surface area contributed by atoms with Gasteiger partial charge in [0, 0.05) is 6.42 Å². The van der Waals surface area contributed by atoms with Gasteiger partial charge in [0.2, 0.25) is 0 Å². The van der Waals surface area contributed by atoms with Crippen molar-refractivity contribution in [2.75, 3.05) is 0 Å². The Hall–Kier alpha value is -1.87. The van der Waals surface area contributed by atoms with E-state index >= 15 is 0 Å². The molecule has 0 spiro atoms. The molecule has 128 valence electrons. The van der Waals surface area contributed by atoms with E-state index in [0.717, 1.165) is 32.1 Å². The fourth-order valence-corrected chi connectivity index (χ4v) is 1.69. The number of allylic oxidation sites excluding steroid dienone is 9. The molecule has 0 aromatic heterocycles. The van der Waals surface area contributed by atoms with E-state index in [1.807, 2.05) is 25.2 Å². The Morgan fingerprint density at radius 2 is 1.48 bits per heavy atom. The summed E-state index contributed by atoms with van der Waals surface area (Å²) >= 11 is 0. The quantitative estimate of drug-likeness (QED) is 0.286. The van der Waals surface area contributed by atoms with E-state index in [0.29, 0.717) is 6.42 Å². The molecule has 0 heterocycles. The van der Waals surface area contributed by atoms with Gasteiger partial charge >= 0.3 is 5.97 Å². The normalized spacial score (nSPS) is 14.2. The molecule has 0 fully saturated rings. The number of carbonyl (C=O) groups is 1. The van der Waals surface area contributed by atoms with Crippen LogP contribution in [0.5, 0.6) is 0 Å². The third kappa shape index (κ3) is 18.1. The van der Waals surface area contributed by atoms with Gasteiger partial charge in [0.1, 0.15) is 0 Å². The molecular weight excluding hydrogens is 288 g/mol. The molecule has 0 aliphatic carbocycles. The van der Waals surface area contributed by atoms with E-state index in [1.165, 1.54) is 0 Å². The Labute approximate surface area is 140 Å². The first-order chi connectivity index (χ1) is 11.2. The van der Waals surface area contributed by atoms with Gasteiger partial charge in [-0.3, -0.25) is 4.79 Å². The molecule has 0 radical (unpaired) electrons. The zero-order valence-electron chi connectivity index (χ0n) is 14.1. The van der Waals surface area contributed by atoms with Gasteiger partial charge in [-0.1, -0.05) is 67.7 Å². The molecule has 3 nitrogen and oxygen atoms in total. The van der Waals surface area contributed by atoms with Crippen LogP contribution in [-0.4, -0.2) is 22.3 Å². The second kappa shape index (κ2) is 16.5. The summed E-state index contributed by atoms with van der Waals surface area (Å²) in [6, 6.07) is 0. The molecule has 0 saturated carbocycles. The molecule has 2 N–H and O–H groups in total. The molecule has 0 bridgehead atoms. The minimum Gasteiger partial charge on any atom is -0.481 e. The number of carboxylic acids is 1. The van der Waals surface area contributed by atoms with Crippen LogP contribution in [0.1, 0.15) is 51.9 Å². The highest BCUT2D eigenvalue weighted by Gasteiger charge is 1.92. The second-order valence-electron chi connectivity index (χ2n) is 5.20. The van der Waals surface area contributed by atoms with Gasteiger partial charge in [0.25, 0.3) is 0 Å². The smallest absolute Gasteiger partial charge is 0.303 e. The number of aliphatic carboxylic acids is 1. The van der Waals surface area contributed by atoms with E-state index in [-0.39, 0.29) is 12.5 Å². The number of hydrogen-bond donors (Lipinski definition) is 2. The van der Waals surface area contributed by atoms with Crippen LogP contribution in [0.25, 0.3) is 0 Å². The summed E-state index contributed by atoms with van der Waals surface area (Å²) in [6.45, 7) is 1.95. The van der Waals surface area contributed by atoms with Gasteiger partial charge in [-0.05, 0) is 38.5 Å². The topological polar surface area (TPSA) is 57.5 Å². The Morgan fingerprint density at radius 3 is 2.04 bits per heavy atom. The molecule has 0 aromatic carbocycles. The first-order valence-electron chi connectivity index (χ1n) is 8.35. The first kappa shape index (κ1) is 21.1. The van der Waals surface area contributed by atoms with Crippen molar-refractivity contribution in [2.45, 2.75) is 58.0 Å². The van der Waals surface area contributed by atoms with Gasteiger partial charge in [-0.15, -0.1) is 0 Å². The predicted octanol–water partition coefficient (Wildman–Crippen LogP) is 4.96. The molecule has 0 rings (SSSR count). The third-order valence-electron chi connectivity index (χ3n) is 3.08. The number of aliphatic hydroxyl groups is 1. The van der Waals surface area contributed by atoms with Gasteiger partial charge in [-0.2, -0.15) is 0 Å². The molecule has 23 heavy (non-hydrogen) atoms. The fraction of sp³-hybridized carbons (Fsp3) is 0.450. The summed E-state index contributed by atoms with van der Waals surface area (Å²) in [6.07, 6.45) is 25.2. The van der Waals surface area contributed by atoms with Crippen LogP contribution in [0.4, 0.5) is 0 Å². The molecule has 0 aromatic rings. The minimum atomic E-state index is -0.727. The summed E-state index contributed by atoms with van der Waals surface area (Å²) in [7, 11) is 0. The average molecular weight is 318 g/mol. The Kier molecular flexibility index (Phi) is 15.2. The van der Waals surface area contributed by atoms with E-state index < -0.39 is 5.97 Å². The Bertz CT molecular complexity index is 428. The summed E-state index contributed by atoms with van der Waals surface area (Å²) in [5, 5.41) is 17.8. The van der Waals surface area contributed by atoms with Crippen LogP contribution in [0, 0.1) is 0 Å². The summed E-state index contributed by atoms with van der Waals surface area (Å²) in [5.74, 6) is -0.727. The number of aliphatic hydroxyl groups excluding tert-OH is 1. The van der Waals surface area contributed by atoms with Gasteiger partial charge in [0.05, 0.1) is 6.10 Å². The lowest BCUT2D eigenvalue weighted by molar-refractivity contribution is -0.137. The lowest BCUT2D eigenvalue weighted by Gasteiger charge is -1.95. The van der Waals surface area contributed by atoms with Crippen molar-refractivity contribution >= 4 is 5.97 Å². The van der Waals surface area contributed by atoms with E-state index in [1.54, 1.807) is 6.08 Å². The Balaban J connectivity index is 3.55. The second-order valence-corrected chi connectivity index (χ2v) is 5.20. The maximum Gasteiger partial charge on any atom is 0.303 e. The lowest BCUT2D eigenvalue weighted by atomic mass is 10.2. The van der Waals surface area contributed by atoms with Crippen molar-refractivity contribution < 1.29 is 15.0 Å². The minimum absolute atomic E-state index is 0.244. The largest absolute Gasteiger partial charge is 0.481 e. The average Bonchev–Trinajstić information content (AvgIpc) is 2.53. The first-order valence-corrected chi connectivity index (χ1v) is 8.35. The van der Waals surface area contributed by atoms with Crippen LogP contribution in [0.3, 0.4) is 0 Å². The van der Waals surface area contributed by atoms with Crippen LogP contribution in [-0.2, 0) is 4.79 Å². The molecule has 0 aliphatic heterocycles. The Morgan fingerprint density at radius 1 is 0.913 bits per heavy atom. The molecule has 3 heteroatoms. The van der Waals surface area contributed by atoms with Gasteiger partial charge in [-0.25, -0.2) is 0 Å². The molecule has 1 unspecified atom stereocenters. The number of rotatable bonds is 13. The molecule has 0 aliphatic rings. The highest BCUT2D eigenvalue weighted by molar-refractivity contribution is 5.66. The van der Waals surface area contributed by atoms with E-state index in [9.17, 15) is 9.90 Å². The van der Waals surface area contributed by atoms with Gasteiger partial charge in [0.15, 0.2) is 0 Å². The molecular formula is C20H30O3. The lowest BCUT2D eigenvalue weighted by Crippen LogP contribution is -1.97. The molecule has 0 saturated heterocycles. The summed E-state index contributed by atoms with van der Waals surface area (Å²) < 4.78 is 0. The van der Waals surface area contributed by atoms with Gasteiger partial charge < -0.3 is 10.2 Å². The maximum absolute atomic E-state index is 10.3. The van der Waals surface area contributed by atoms with Crippen LogP contribution >= 0.6 is 0 Å². The fourth-order valence-electron chi connectivity index (χ4n) is 1.69. The van der Waals surface area contributed by atoms with E-state index in [2.05, 4.69) is 36.5 Å². The zero-order chi connectivity index (χ0) is 17.2. The predicted molar refractivity (Wildman–Crippen MR) is 97.3 cm³/mol. The number of unbranched alkanes of at least 4 members (excludes halogenated alkanes) is 1. The van der Waals surface area contributed by atoms with Crippen molar-refractivity contribution in [2.24, 2.45) is 0 Å². The van der Waals surface area contributed by atoms with Crippen molar-refractivity contribution in [1.29, 1.82) is 0 Å². The van der Waals surface area contributed by atoms with Crippen molar-refractivity contribution in [3.8, 4) is 0 Å². The van der Waals surface area contributed by atoms with Crippen molar-refractivity contribution in [3.05, 3.63) is 60.8 Å². The highest BCUT2D eigenvalue weighted by atomic mass is 16.4. The molecule has 0 amide bonds. The maximum atomic E-state index is 10.3. The van der Waals surface area contributed by atoms with Crippen molar-refractivity contribution in [3.63, 3.8) is 0 Å². The van der Waals surface area contributed by atoms with E-state index in [4.69, 9.17) is 5.11 Å². The number of hydrogen-bond acceptors (Lipinski definition) is 2. The third-order valence-corrected chi connectivity index (χ3v) is 3.08.